The molecule has 0 aliphatic rings. The first-order chi connectivity index (χ1) is 12.7. The molecule has 6 nitrogen and oxygen atoms in total. The fraction of sp³-hybridized carbons (Fsp3) is 0.250. The quantitative estimate of drug-likeness (QED) is 0.686. The van der Waals surface area contributed by atoms with Crippen molar-refractivity contribution in [3.8, 4) is 17.1 Å². The maximum Gasteiger partial charge on any atom is 0.251 e. The van der Waals surface area contributed by atoms with Crippen LogP contribution < -0.4 is 5.32 Å². The molecule has 0 unspecified atom stereocenters. The Morgan fingerprint density at radius 3 is 2.77 bits per heavy atom. The highest BCUT2D eigenvalue weighted by molar-refractivity contribution is 5.95. The summed E-state index contributed by atoms with van der Waals surface area (Å²) in [7, 11) is 0. The fourth-order valence-corrected chi connectivity index (χ4v) is 2.75. The van der Waals surface area contributed by atoms with Crippen LogP contribution in [-0.4, -0.2) is 32.3 Å². The monoisotopic (exact) mass is 350 g/mol. The predicted molar refractivity (Wildman–Crippen MR) is 99.9 cm³/mol. The number of rotatable bonds is 7. The minimum atomic E-state index is -0.118. The van der Waals surface area contributed by atoms with Crippen LogP contribution in [0, 0.1) is 0 Å². The summed E-state index contributed by atoms with van der Waals surface area (Å²) in [5.41, 5.74) is 2.53. The van der Waals surface area contributed by atoms with Gasteiger partial charge in [0, 0.05) is 24.2 Å². The summed E-state index contributed by atoms with van der Waals surface area (Å²) in [6.45, 7) is 3.40. The molecule has 0 radical (unpaired) electrons. The number of aromatic nitrogens is 3. The van der Waals surface area contributed by atoms with Crippen LogP contribution in [0.2, 0.25) is 0 Å². The van der Waals surface area contributed by atoms with Crippen molar-refractivity contribution in [3.05, 3.63) is 66.0 Å². The lowest BCUT2D eigenvalue weighted by molar-refractivity contribution is 0.0954. The van der Waals surface area contributed by atoms with Crippen LogP contribution >= 0.6 is 0 Å². The number of phenols is 1. The van der Waals surface area contributed by atoms with Gasteiger partial charge >= 0.3 is 0 Å². The molecule has 2 aromatic carbocycles. The summed E-state index contributed by atoms with van der Waals surface area (Å²) in [6, 6.07) is 14.4. The van der Waals surface area contributed by atoms with E-state index in [-0.39, 0.29) is 11.7 Å². The van der Waals surface area contributed by atoms with Crippen molar-refractivity contribution in [2.24, 2.45) is 0 Å². The Kier molecular flexibility index (Phi) is 5.63. The normalized spacial score (nSPS) is 10.7. The van der Waals surface area contributed by atoms with Crippen LogP contribution in [0.3, 0.4) is 0 Å². The summed E-state index contributed by atoms with van der Waals surface area (Å²) >= 11 is 0. The van der Waals surface area contributed by atoms with Crippen LogP contribution in [0.5, 0.6) is 5.75 Å². The van der Waals surface area contributed by atoms with Crippen molar-refractivity contribution < 1.29 is 9.90 Å². The van der Waals surface area contributed by atoms with E-state index in [0.29, 0.717) is 18.5 Å². The Labute approximate surface area is 152 Å². The molecule has 0 saturated carbocycles. The minimum absolute atomic E-state index is 0.118. The molecule has 3 aromatic rings. The lowest BCUT2D eigenvalue weighted by atomic mass is 10.1. The van der Waals surface area contributed by atoms with Gasteiger partial charge in [-0.15, -0.1) is 0 Å². The third-order valence-corrected chi connectivity index (χ3v) is 4.07. The molecule has 0 aliphatic heterocycles. The third-order valence-electron chi connectivity index (χ3n) is 4.07. The number of nitrogens with one attached hydrogen (secondary N) is 1. The van der Waals surface area contributed by atoms with E-state index >= 15 is 0 Å². The molecule has 0 saturated heterocycles. The van der Waals surface area contributed by atoms with Gasteiger partial charge in [-0.2, -0.15) is 5.10 Å². The zero-order chi connectivity index (χ0) is 18.4. The van der Waals surface area contributed by atoms with Crippen LogP contribution in [0.1, 0.15) is 29.3 Å². The third kappa shape index (κ3) is 4.27. The van der Waals surface area contributed by atoms with Gasteiger partial charge < -0.3 is 10.4 Å². The molecule has 1 amide bonds. The van der Waals surface area contributed by atoms with Crippen LogP contribution in [-0.2, 0) is 13.0 Å². The summed E-state index contributed by atoms with van der Waals surface area (Å²) < 4.78 is 1.85. The summed E-state index contributed by atoms with van der Waals surface area (Å²) in [6.07, 6.45) is 3.21. The van der Waals surface area contributed by atoms with E-state index < -0.39 is 0 Å². The van der Waals surface area contributed by atoms with Gasteiger partial charge in [-0.1, -0.05) is 31.2 Å². The number of benzene rings is 2. The van der Waals surface area contributed by atoms with Gasteiger partial charge in [0.1, 0.15) is 12.1 Å². The van der Waals surface area contributed by atoms with Crippen molar-refractivity contribution in [1.82, 2.24) is 20.1 Å². The Bertz CT molecular complexity index is 872. The first-order valence-electron chi connectivity index (χ1n) is 8.71. The standard InChI is InChI=1S/C20H22N4O2/c1-2-12-24-19(22-14-23-24)16-4-3-5-17(13-16)20(26)21-11-10-15-6-8-18(25)9-7-15/h3-9,13-14,25H,2,10-12H2,1H3,(H,21,26). The van der Waals surface area contributed by atoms with Crippen LogP contribution in [0.4, 0.5) is 0 Å². The largest absolute Gasteiger partial charge is 0.508 e. The molecule has 1 heterocycles. The Balaban J connectivity index is 1.64. The molecule has 1 aromatic heterocycles. The molecular formula is C20H22N4O2. The second-order valence-electron chi connectivity index (χ2n) is 6.06. The topological polar surface area (TPSA) is 80.0 Å². The maximum absolute atomic E-state index is 12.4. The average molecular weight is 350 g/mol. The maximum atomic E-state index is 12.4. The Morgan fingerprint density at radius 2 is 2.00 bits per heavy atom. The molecule has 6 heteroatoms. The average Bonchev–Trinajstić information content (AvgIpc) is 3.12. The van der Waals surface area contributed by atoms with Gasteiger partial charge in [-0.3, -0.25) is 4.79 Å². The lowest BCUT2D eigenvalue weighted by Crippen LogP contribution is -2.25. The molecule has 0 bridgehead atoms. The number of phenolic OH excluding ortho intramolecular Hbond substituents is 1. The van der Waals surface area contributed by atoms with Gasteiger partial charge in [0.05, 0.1) is 0 Å². The summed E-state index contributed by atoms with van der Waals surface area (Å²) in [5.74, 6) is 0.892. The summed E-state index contributed by atoms with van der Waals surface area (Å²) in [5, 5.41) is 16.5. The zero-order valence-corrected chi connectivity index (χ0v) is 14.7. The highest BCUT2D eigenvalue weighted by atomic mass is 16.3. The second-order valence-corrected chi connectivity index (χ2v) is 6.06. The first kappa shape index (κ1) is 17.7. The van der Waals surface area contributed by atoms with Crippen molar-refractivity contribution in [1.29, 1.82) is 0 Å². The fourth-order valence-electron chi connectivity index (χ4n) is 2.75. The van der Waals surface area contributed by atoms with E-state index in [1.165, 1.54) is 6.33 Å². The number of aryl methyl sites for hydroxylation is 1. The highest BCUT2D eigenvalue weighted by Crippen LogP contribution is 2.18. The molecule has 2 N–H and O–H groups in total. The summed E-state index contributed by atoms with van der Waals surface area (Å²) in [4.78, 5) is 16.7. The van der Waals surface area contributed by atoms with E-state index in [4.69, 9.17) is 0 Å². The van der Waals surface area contributed by atoms with Gasteiger partial charge in [-0.25, -0.2) is 9.67 Å². The van der Waals surface area contributed by atoms with Gasteiger partial charge in [-0.05, 0) is 42.7 Å². The van der Waals surface area contributed by atoms with Crippen molar-refractivity contribution in [2.45, 2.75) is 26.3 Å². The first-order valence-corrected chi connectivity index (χ1v) is 8.71. The number of hydrogen-bond donors (Lipinski definition) is 2. The van der Waals surface area contributed by atoms with E-state index in [9.17, 15) is 9.90 Å². The number of amides is 1. The van der Waals surface area contributed by atoms with E-state index in [2.05, 4.69) is 22.3 Å². The molecule has 0 fully saturated rings. The SMILES string of the molecule is CCCn1ncnc1-c1cccc(C(=O)NCCc2ccc(O)cc2)c1. The molecule has 134 valence electrons. The Hall–Kier alpha value is -3.15. The number of aromatic hydroxyl groups is 1. The molecule has 0 aliphatic carbocycles. The van der Waals surface area contributed by atoms with Gasteiger partial charge in [0.15, 0.2) is 5.82 Å². The highest BCUT2D eigenvalue weighted by Gasteiger charge is 2.10. The molecule has 3 rings (SSSR count). The van der Waals surface area contributed by atoms with Crippen molar-refractivity contribution in [2.75, 3.05) is 6.54 Å². The predicted octanol–water partition coefficient (Wildman–Crippen LogP) is 3.03. The number of carbonyl (C=O) groups excluding carboxylic acids is 1. The number of carbonyl (C=O) groups is 1. The molecule has 0 spiro atoms. The van der Waals surface area contributed by atoms with E-state index in [0.717, 1.165) is 29.9 Å². The zero-order valence-electron chi connectivity index (χ0n) is 14.7. The molecular weight excluding hydrogens is 328 g/mol. The van der Waals surface area contributed by atoms with Crippen molar-refractivity contribution in [3.63, 3.8) is 0 Å². The van der Waals surface area contributed by atoms with Gasteiger partial charge in [0.25, 0.3) is 5.91 Å². The second kappa shape index (κ2) is 8.29. The smallest absolute Gasteiger partial charge is 0.251 e. The lowest BCUT2D eigenvalue weighted by Gasteiger charge is -2.08. The minimum Gasteiger partial charge on any atom is -0.508 e. The number of nitrogens with zero attached hydrogens (tertiary/aromatic N) is 3. The molecule has 26 heavy (non-hydrogen) atoms. The van der Waals surface area contributed by atoms with Crippen LogP contribution in [0.15, 0.2) is 54.9 Å². The van der Waals surface area contributed by atoms with Gasteiger partial charge in [0.2, 0.25) is 0 Å². The number of hydrogen-bond acceptors (Lipinski definition) is 4. The van der Waals surface area contributed by atoms with Crippen molar-refractivity contribution >= 4 is 5.91 Å². The van der Waals surface area contributed by atoms with E-state index in [1.54, 1.807) is 18.2 Å². The van der Waals surface area contributed by atoms with Crippen LogP contribution in [0.25, 0.3) is 11.4 Å². The molecule has 0 atom stereocenters. The Morgan fingerprint density at radius 1 is 1.19 bits per heavy atom. The van der Waals surface area contributed by atoms with E-state index in [1.807, 2.05) is 35.0 Å².